The number of likely N-dealkylation sites (tertiary alicyclic amines) is 2. The van der Waals surface area contributed by atoms with Gasteiger partial charge in [-0.2, -0.15) is 5.10 Å². The number of hydrogen-bond donors (Lipinski definition) is 1. The SMILES string of the molecule is NC1CCN(C(=O)c2cc(C(=O)N3CCC(n4cccn4)CC3)nc3ccc(OCc4nc5ccccc5s4)cc23)CC1. The number of nitrogens with zero attached hydrogens (tertiary/aromatic N) is 6. The Morgan fingerprint density at radius 3 is 2.42 bits per heavy atom. The molecule has 2 aliphatic rings. The van der Waals surface area contributed by atoms with E-state index < -0.39 is 0 Å². The van der Waals surface area contributed by atoms with Crippen LogP contribution in [0.5, 0.6) is 5.75 Å². The average molecular weight is 596 g/mol. The van der Waals surface area contributed by atoms with Gasteiger partial charge in [-0.15, -0.1) is 11.3 Å². The van der Waals surface area contributed by atoms with E-state index in [0.29, 0.717) is 55.0 Å². The summed E-state index contributed by atoms with van der Waals surface area (Å²) in [4.78, 5) is 40.7. The molecule has 0 bridgehead atoms. The van der Waals surface area contributed by atoms with Gasteiger partial charge in [0.25, 0.3) is 11.8 Å². The number of nitrogens with two attached hydrogens (primary N) is 1. The van der Waals surface area contributed by atoms with Gasteiger partial charge in [0.15, 0.2) is 0 Å². The molecular weight excluding hydrogens is 562 g/mol. The van der Waals surface area contributed by atoms with E-state index in [0.717, 1.165) is 40.9 Å². The van der Waals surface area contributed by atoms with Crippen molar-refractivity contribution < 1.29 is 14.3 Å². The lowest BCUT2D eigenvalue weighted by atomic mass is 10.0. The van der Waals surface area contributed by atoms with Gasteiger partial charge in [0.1, 0.15) is 23.1 Å². The molecule has 10 nitrogen and oxygen atoms in total. The Labute approximate surface area is 253 Å². The Morgan fingerprint density at radius 1 is 0.884 bits per heavy atom. The van der Waals surface area contributed by atoms with Crippen molar-refractivity contribution >= 4 is 44.3 Å². The van der Waals surface area contributed by atoms with Crippen molar-refractivity contribution in [1.29, 1.82) is 0 Å². The molecule has 0 saturated carbocycles. The van der Waals surface area contributed by atoms with Crippen molar-refractivity contribution in [2.75, 3.05) is 26.2 Å². The number of para-hydroxylation sites is 1. The number of amides is 2. The first-order valence-electron chi connectivity index (χ1n) is 14.8. The van der Waals surface area contributed by atoms with E-state index in [4.69, 9.17) is 15.5 Å². The molecule has 5 heterocycles. The molecule has 0 spiro atoms. The molecule has 7 rings (SSSR count). The molecule has 2 saturated heterocycles. The molecule has 220 valence electrons. The topological polar surface area (TPSA) is 119 Å². The van der Waals surface area contributed by atoms with Crippen molar-refractivity contribution in [2.45, 2.75) is 44.4 Å². The molecule has 2 aliphatic heterocycles. The van der Waals surface area contributed by atoms with Gasteiger partial charge in [-0.25, -0.2) is 9.97 Å². The van der Waals surface area contributed by atoms with Gasteiger partial charge in [-0.05, 0) is 68.1 Å². The lowest BCUT2D eigenvalue weighted by Gasteiger charge is -2.32. The van der Waals surface area contributed by atoms with Crippen LogP contribution >= 0.6 is 11.3 Å². The zero-order chi connectivity index (χ0) is 29.3. The summed E-state index contributed by atoms with van der Waals surface area (Å²) in [5.41, 5.74) is 8.39. The Morgan fingerprint density at radius 2 is 1.65 bits per heavy atom. The molecule has 2 aromatic carbocycles. The van der Waals surface area contributed by atoms with Crippen LogP contribution in [0.25, 0.3) is 21.1 Å². The van der Waals surface area contributed by atoms with E-state index in [1.54, 1.807) is 23.6 Å². The fourth-order valence-corrected chi connectivity index (χ4v) is 6.85. The third-order valence-corrected chi connectivity index (χ3v) is 9.42. The molecular formula is C32H33N7O3S. The Hall–Kier alpha value is -4.35. The summed E-state index contributed by atoms with van der Waals surface area (Å²) in [6.07, 6.45) is 6.88. The molecule has 0 aliphatic carbocycles. The molecule has 11 heteroatoms. The van der Waals surface area contributed by atoms with E-state index in [9.17, 15) is 9.59 Å². The lowest BCUT2D eigenvalue weighted by molar-refractivity contribution is 0.0684. The quantitative estimate of drug-likeness (QED) is 0.303. The summed E-state index contributed by atoms with van der Waals surface area (Å²) in [6, 6.07) is 17.5. The first kappa shape index (κ1) is 27.5. The number of hydrogen-bond acceptors (Lipinski definition) is 8. The lowest BCUT2D eigenvalue weighted by Crippen LogP contribution is -2.43. The molecule has 0 radical (unpaired) electrons. The summed E-state index contributed by atoms with van der Waals surface area (Å²) < 4.78 is 9.21. The first-order valence-corrected chi connectivity index (χ1v) is 15.6. The van der Waals surface area contributed by atoms with Gasteiger partial charge in [-0.1, -0.05) is 12.1 Å². The third kappa shape index (κ3) is 5.70. The standard InChI is InChI=1S/C32H33N7O3S/c33-21-8-14-37(15-9-21)31(40)25-19-28(32(41)38-16-10-22(11-17-38)39-13-3-12-34-39)35-26-7-6-23(18-24(25)26)42-20-30-36-27-4-1-2-5-29(27)43-30/h1-7,12-13,18-19,21-22H,8-11,14-17,20,33H2. The monoisotopic (exact) mass is 595 g/mol. The van der Waals surface area contributed by atoms with Crippen molar-refractivity contribution in [2.24, 2.45) is 5.73 Å². The van der Waals surface area contributed by atoms with Crippen molar-refractivity contribution in [3.05, 3.63) is 83.3 Å². The maximum absolute atomic E-state index is 13.9. The number of aromatic nitrogens is 4. The van der Waals surface area contributed by atoms with Crippen LogP contribution < -0.4 is 10.5 Å². The molecule has 5 aromatic rings. The second kappa shape index (κ2) is 11.7. The predicted molar refractivity (Wildman–Crippen MR) is 165 cm³/mol. The molecule has 2 N–H and O–H groups in total. The first-order chi connectivity index (χ1) is 21.0. The minimum absolute atomic E-state index is 0.0996. The minimum atomic E-state index is -0.160. The maximum atomic E-state index is 13.9. The number of benzene rings is 2. The van der Waals surface area contributed by atoms with Crippen molar-refractivity contribution in [3.8, 4) is 5.75 Å². The van der Waals surface area contributed by atoms with Gasteiger partial charge in [0, 0.05) is 50.0 Å². The Balaban J connectivity index is 1.16. The number of rotatable bonds is 6. The van der Waals surface area contributed by atoms with Crippen molar-refractivity contribution in [1.82, 2.24) is 29.5 Å². The summed E-state index contributed by atoms with van der Waals surface area (Å²) in [7, 11) is 0. The minimum Gasteiger partial charge on any atom is -0.486 e. The molecule has 3 aromatic heterocycles. The number of carbonyl (C=O) groups is 2. The summed E-state index contributed by atoms with van der Waals surface area (Å²) in [5, 5.41) is 5.90. The van der Waals surface area contributed by atoms with Crippen molar-refractivity contribution in [3.63, 3.8) is 0 Å². The fraction of sp³-hybridized carbons (Fsp3) is 0.344. The van der Waals surface area contributed by atoms with E-state index in [2.05, 4.69) is 10.1 Å². The highest BCUT2D eigenvalue weighted by molar-refractivity contribution is 7.18. The molecule has 2 amide bonds. The van der Waals surface area contributed by atoms with Gasteiger partial charge in [0.2, 0.25) is 0 Å². The number of pyridine rings is 1. The third-order valence-electron chi connectivity index (χ3n) is 8.41. The predicted octanol–water partition coefficient (Wildman–Crippen LogP) is 4.66. The largest absolute Gasteiger partial charge is 0.486 e. The van der Waals surface area contributed by atoms with Crippen LogP contribution in [0, 0.1) is 0 Å². The van der Waals surface area contributed by atoms with E-state index in [1.165, 1.54) is 0 Å². The fourth-order valence-electron chi connectivity index (χ4n) is 5.97. The highest BCUT2D eigenvalue weighted by atomic mass is 32.1. The Kier molecular flexibility index (Phi) is 7.50. The van der Waals surface area contributed by atoms with Gasteiger partial charge in [-0.3, -0.25) is 14.3 Å². The summed E-state index contributed by atoms with van der Waals surface area (Å²) >= 11 is 1.60. The van der Waals surface area contributed by atoms with Gasteiger partial charge < -0.3 is 20.3 Å². The van der Waals surface area contributed by atoms with Crippen LogP contribution in [-0.4, -0.2) is 73.6 Å². The van der Waals surface area contributed by atoms with Crippen LogP contribution in [-0.2, 0) is 6.61 Å². The van der Waals surface area contributed by atoms with Gasteiger partial charge in [0.05, 0.1) is 27.3 Å². The Bertz CT molecular complexity index is 1740. The van der Waals surface area contributed by atoms with E-state index >= 15 is 0 Å². The van der Waals surface area contributed by atoms with Crippen LogP contribution in [0.4, 0.5) is 0 Å². The number of piperidine rings is 2. The molecule has 0 atom stereocenters. The average Bonchev–Trinajstić information content (AvgIpc) is 3.74. The second-order valence-corrected chi connectivity index (χ2v) is 12.4. The molecule has 43 heavy (non-hydrogen) atoms. The number of ether oxygens (including phenoxy) is 1. The van der Waals surface area contributed by atoms with E-state index in [1.807, 2.05) is 69.2 Å². The van der Waals surface area contributed by atoms with Crippen LogP contribution in [0.2, 0.25) is 0 Å². The molecule has 0 unspecified atom stereocenters. The normalized spacial score (nSPS) is 16.7. The maximum Gasteiger partial charge on any atom is 0.272 e. The van der Waals surface area contributed by atoms with Gasteiger partial charge >= 0.3 is 0 Å². The number of carbonyl (C=O) groups excluding carboxylic acids is 2. The molecule has 2 fully saturated rings. The zero-order valence-corrected chi connectivity index (χ0v) is 24.6. The number of thiazole rings is 1. The highest BCUT2D eigenvalue weighted by Crippen LogP contribution is 2.29. The number of fused-ring (bicyclic) bond motifs is 2. The highest BCUT2D eigenvalue weighted by Gasteiger charge is 2.29. The van der Waals surface area contributed by atoms with E-state index in [-0.39, 0.29) is 29.6 Å². The van der Waals surface area contributed by atoms with Crippen LogP contribution in [0.15, 0.2) is 67.0 Å². The smallest absolute Gasteiger partial charge is 0.272 e. The summed E-state index contributed by atoms with van der Waals surface area (Å²) in [5.74, 6) is 0.337. The zero-order valence-electron chi connectivity index (χ0n) is 23.8. The second-order valence-electron chi connectivity index (χ2n) is 11.2. The van der Waals surface area contributed by atoms with Crippen LogP contribution in [0.1, 0.15) is 57.6 Å². The van der Waals surface area contributed by atoms with Crippen LogP contribution in [0.3, 0.4) is 0 Å². The summed E-state index contributed by atoms with van der Waals surface area (Å²) in [6.45, 7) is 2.70.